The largest absolute Gasteiger partial charge is 0.313 e. The van der Waals surface area contributed by atoms with E-state index in [1.807, 2.05) is 12.3 Å². The number of hydrogen-bond acceptors (Lipinski definition) is 4. The molecule has 21 heavy (non-hydrogen) atoms. The summed E-state index contributed by atoms with van der Waals surface area (Å²) >= 11 is 1.19. The molecule has 0 aliphatic rings. The van der Waals surface area contributed by atoms with Crippen molar-refractivity contribution in [1.82, 2.24) is 5.32 Å². The highest BCUT2D eigenvalue weighted by Crippen LogP contribution is 2.27. The number of rotatable bonds is 6. The Morgan fingerprint density at radius 3 is 2.57 bits per heavy atom. The topological polar surface area (TPSA) is 49.4 Å². The summed E-state index contributed by atoms with van der Waals surface area (Å²) in [6.07, 6.45) is 0. The van der Waals surface area contributed by atoms with Crippen LogP contribution in [0.3, 0.4) is 0 Å². The van der Waals surface area contributed by atoms with Crippen LogP contribution >= 0.6 is 11.3 Å². The van der Waals surface area contributed by atoms with Crippen LogP contribution in [-0.2, 0) is 16.6 Å². The van der Waals surface area contributed by atoms with Crippen molar-refractivity contribution in [2.45, 2.75) is 17.7 Å². The average Bonchev–Trinajstić information content (AvgIpc) is 2.94. The van der Waals surface area contributed by atoms with Gasteiger partial charge in [-0.25, -0.2) is 12.8 Å². The van der Waals surface area contributed by atoms with E-state index in [2.05, 4.69) is 5.32 Å². The highest BCUT2D eigenvalue weighted by molar-refractivity contribution is 7.94. The molecule has 0 fully saturated rings. The molecule has 0 atom stereocenters. The van der Waals surface area contributed by atoms with Crippen LogP contribution in [0.5, 0.6) is 0 Å². The molecule has 1 N–H and O–H groups in total. The third-order valence-electron chi connectivity index (χ3n) is 3.01. The molecule has 0 spiro atoms. The van der Waals surface area contributed by atoms with Gasteiger partial charge >= 0.3 is 0 Å². The number of nitrogens with one attached hydrogen (secondary N) is 1. The second-order valence-electron chi connectivity index (χ2n) is 4.50. The van der Waals surface area contributed by atoms with Gasteiger partial charge in [0.15, 0.2) is 0 Å². The SMILES string of the molecule is CCNCc1csc(S(=O)(=O)N(C)c2ccc(F)cc2)c1. The minimum Gasteiger partial charge on any atom is -0.313 e. The first-order valence-corrected chi connectivity index (χ1v) is 8.79. The standard InChI is InChI=1S/C14H17FN2O2S2/c1-3-16-9-11-8-14(20-10-11)21(18,19)17(2)13-6-4-12(15)5-7-13/h4-8,10,16H,3,9H2,1-2H3. The van der Waals surface area contributed by atoms with Gasteiger partial charge in [0, 0.05) is 13.6 Å². The maximum absolute atomic E-state index is 12.9. The number of benzene rings is 1. The van der Waals surface area contributed by atoms with Gasteiger partial charge in [0.05, 0.1) is 5.69 Å². The predicted molar refractivity (Wildman–Crippen MR) is 83.7 cm³/mol. The minimum atomic E-state index is -3.61. The number of anilines is 1. The fourth-order valence-electron chi connectivity index (χ4n) is 1.78. The summed E-state index contributed by atoms with van der Waals surface area (Å²) in [6.45, 7) is 3.46. The molecule has 1 heterocycles. The Morgan fingerprint density at radius 1 is 1.29 bits per heavy atom. The van der Waals surface area contributed by atoms with Gasteiger partial charge in [-0.05, 0) is 47.8 Å². The summed E-state index contributed by atoms with van der Waals surface area (Å²) < 4.78 is 39.4. The van der Waals surface area contributed by atoms with Crippen LogP contribution in [0, 0.1) is 5.82 Å². The molecule has 0 bridgehead atoms. The first kappa shape index (κ1) is 15.9. The quantitative estimate of drug-likeness (QED) is 0.887. The zero-order chi connectivity index (χ0) is 15.5. The van der Waals surface area contributed by atoms with Crippen molar-refractivity contribution in [3.05, 3.63) is 47.1 Å². The molecule has 0 aliphatic heterocycles. The molecule has 0 amide bonds. The van der Waals surface area contributed by atoms with Crippen molar-refractivity contribution in [3.63, 3.8) is 0 Å². The monoisotopic (exact) mass is 328 g/mol. The Kier molecular flexibility index (Phi) is 4.97. The molecule has 0 radical (unpaired) electrons. The van der Waals surface area contributed by atoms with E-state index in [1.54, 1.807) is 6.07 Å². The molecular weight excluding hydrogens is 311 g/mol. The lowest BCUT2D eigenvalue weighted by Crippen LogP contribution is -2.25. The molecule has 0 saturated carbocycles. The second kappa shape index (κ2) is 6.55. The first-order chi connectivity index (χ1) is 9.95. The smallest absolute Gasteiger partial charge is 0.273 e. The molecule has 2 aromatic rings. The molecule has 4 nitrogen and oxygen atoms in total. The zero-order valence-corrected chi connectivity index (χ0v) is 13.5. The molecule has 2 rings (SSSR count). The third kappa shape index (κ3) is 3.61. The number of thiophene rings is 1. The van der Waals surface area contributed by atoms with Gasteiger partial charge in [0.2, 0.25) is 0 Å². The van der Waals surface area contributed by atoms with Crippen LogP contribution < -0.4 is 9.62 Å². The van der Waals surface area contributed by atoms with Gasteiger partial charge in [-0.3, -0.25) is 4.31 Å². The Hall–Kier alpha value is -1.44. The minimum absolute atomic E-state index is 0.280. The van der Waals surface area contributed by atoms with Gasteiger partial charge in [0.1, 0.15) is 10.0 Å². The molecule has 0 unspecified atom stereocenters. The Morgan fingerprint density at radius 2 is 1.95 bits per heavy atom. The predicted octanol–water partition coefficient (Wildman–Crippen LogP) is 2.82. The van der Waals surface area contributed by atoms with Crippen LogP contribution in [0.1, 0.15) is 12.5 Å². The number of sulfonamides is 1. The van der Waals surface area contributed by atoms with E-state index in [9.17, 15) is 12.8 Å². The molecule has 1 aromatic heterocycles. The maximum Gasteiger partial charge on any atom is 0.273 e. The summed E-state index contributed by atoms with van der Waals surface area (Å²) in [6, 6.07) is 7.04. The summed E-state index contributed by atoms with van der Waals surface area (Å²) in [5, 5.41) is 4.98. The third-order valence-corrected chi connectivity index (χ3v) is 6.26. The van der Waals surface area contributed by atoms with E-state index >= 15 is 0 Å². The van der Waals surface area contributed by atoms with E-state index in [1.165, 1.54) is 42.6 Å². The van der Waals surface area contributed by atoms with Crippen molar-refractivity contribution in [2.75, 3.05) is 17.9 Å². The second-order valence-corrected chi connectivity index (χ2v) is 7.61. The number of halogens is 1. The van der Waals surface area contributed by atoms with Crippen LogP contribution in [0.2, 0.25) is 0 Å². The van der Waals surface area contributed by atoms with Crippen molar-refractivity contribution in [1.29, 1.82) is 0 Å². The van der Waals surface area contributed by atoms with Crippen molar-refractivity contribution >= 4 is 27.0 Å². The van der Waals surface area contributed by atoms with Gasteiger partial charge in [-0.15, -0.1) is 11.3 Å². The number of hydrogen-bond donors (Lipinski definition) is 1. The van der Waals surface area contributed by atoms with Crippen LogP contribution in [0.4, 0.5) is 10.1 Å². The molecule has 7 heteroatoms. The van der Waals surface area contributed by atoms with Crippen LogP contribution in [0.25, 0.3) is 0 Å². The molecule has 0 aliphatic carbocycles. The summed E-state index contributed by atoms with van der Waals surface area (Å²) in [7, 11) is -2.14. The van der Waals surface area contributed by atoms with Crippen molar-refractivity contribution in [3.8, 4) is 0 Å². The van der Waals surface area contributed by atoms with E-state index in [0.29, 0.717) is 12.2 Å². The number of nitrogens with zero attached hydrogens (tertiary/aromatic N) is 1. The molecular formula is C14H17FN2O2S2. The lowest BCUT2D eigenvalue weighted by molar-refractivity contribution is 0.596. The first-order valence-electron chi connectivity index (χ1n) is 6.47. The van der Waals surface area contributed by atoms with E-state index in [0.717, 1.165) is 16.4 Å². The summed E-state index contributed by atoms with van der Waals surface area (Å²) in [5.74, 6) is -0.395. The van der Waals surface area contributed by atoms with Gasteiger partial charge < -0.3 is 5.32 Å². The van der Waals surface area contributed by atoms with Crippen molar-refractivity contribution in [2.24, 2.45) is 0 Å². The molecule has 0 saturated heterocycles. The fourth-order valence-corrected chi connectivity index (χ4v) is 4.35. The van der Waals surface area contributed by atoms with Crippen molar-refractivity contribution < 1.29 is 12.8 Å². The average molecular weight is 328 g/mol. The normalized spacial score (nSPS) is 11.6. The highest BCUT2D eigenvalue weighted by Gasteiger charge is 2.23. The summed E-state index contributed by atoms with van der Waals surface area (Å²) in [5.41, 5.74) is 1.37. The van der Waals surface area contributed by atoms with E-state index in [4.69, 9.17) is 0 Å². The van der Waals surface area contributed by atoms with Gasteiger partial charge in [-0.2, -0.15) is 0 Å². The van der Waals surface area contributed by atoms with E-state index in [-0.39, 0.29) is 4.21 Å². The zero-order valence-electron chi connectivity index (χ0n) is 11.8. The Balaban J connectivity index is 2.24. The van der Waals surface area contributed by atoms with Crippen LogP contribution in [0.15, 0.2) is 39.9 Å². The molecule has 1 aromatic carbocycles. The van der Waals surface area contributed by atoms with Crippen LogP contribution in [-0.4, -0.2) is 22.0 Å². The summed E-state index contributed by atoms with van der Waals surface area (Å²) in [4.78, 5) is 0. The van der Waals surface area contributed by atoms with Gasteiger partial charge in [0.25, 0.3) is 10.0 Å². The Labute approximate surface area is 128 Å². The lowest BCUT2D eigenvalue weighted by Gasteiger charge is -2.18. The van der Waals surface area contributed by atoms with Gasteiger partial charge in [-0.1, -0.05) is 6.92 Å². The lowest BCUT2D eigenvalue weighted by atomic mass is 10.3. The van der Waals surface area contributed by atoms with E-state index < -0.39 is 15.8 Å². The Bertz CT molecular complexity index is 696. The maximum atomic E-state index is 12.9. The molecule has 114 valence electrons. The fraction of sp³-hybridized carbons (Fsp3) is 0.286. The highest BCUT2D eigenvalue weighted by atomic mass is 32.2.